The van der Waals surface area contributed by atoms with Gasteiger partial charge in [-0.3, -0.25) is 10.1 Å². The Morgan fingerprint density at radius 1 is 1.45 bits per heavy atom. The summed E-state index contributed by atoms with van der Waals surface area (Å²) in [6.45, 7) is 1.90. The first-order valence-corrected chi connectivity index (χ1v) is 7.86. The zero-order valence-corrected chi connectivity index (χ0v) is 11.9. The maximum absolute atomic E-state index is 12.4. The van der Waals surface area contributed by atoms with Crippen molar-refractivity contribution in [2.75, 3.05) is 5.73 Å². The highest BCUT2D eigenvalue weighted by Gasteiger charge is 2.40. The fourth-order valence-electron chi connectivity index (χ4n) is 2.38. The summed E-state index contributed by atoms with van der Waals surface area (Å²) in [5, 5.41) is 11.0. The van der Waals surface area contributed by atoms with E-state index in [9.17, 15) is 18.5 Å². The lowest BCUT2D eigenvalue weighted by Crippen LogP contribution is -2.52. The van der Waals surface area contributed by atoms with E-state index in [0.717, 1.165) is 25.3 Å². The molecule has 7 nitrogen and oxygen atoms in total. The Labute approximate surface area is 117 Å². The number of nitrogen functional groups attached to an aromatic ring is 1. The number of sulfonamides is 1. The van der Waals surface area contributed by atoms with Gasteiger partial charge >= 0.3 is 0 Å². The molecule has 0 heterocycles. The van der Waals surface area contributed by atoms with Crippen LogP contribution in [0.25, 0.3) is 0 Å². The molecule has 110 valence electrons. The van der Waals surface area contributed by atoms with Crippen LogP contribution in [-0.2, 0) is 10.0 Å². The topological polar surface area (TPSA) is 115 Å². The fraction of sp³-hybridized carbons (Fsp3) is 0.500. The van der Waals surface area contributed by atoms with Crippen LogP contribution < -0.4 is 10.5 Å². The largest absolute Gasteiger partial charge is 0.399 e. The molecule has 1 aliphatic rings. The van der Waals surface area contributed by atoms with Crippen molar-refractivity contribution in [3.8, 4) is 0 Å². The Kier molecular flexibility index (Phi) is 3.70. The third kappa shape index (κ3) is 2.61. The molecular formula is C12H17N3O4S. The van der Waals surface area contributed by atoms with Gasteiger partial charge in [-0.1, -0.05) is 6.92 Å². The summed E-state index contributed by atoms with van der Waals surface area (Å²) in [4.78, 5) is 9.93. The monoisotopic (exact) mass is 299 g/mol. The molecule has 1 aromatic rings. The minimum absolute atomic E-state index is 0.157. The van der Waals surface area contributed by atoms with E-state index in [0.29, 0.717) is 6.42 Å². The van der Waals surface area contributed by atoms with Gasteiger partial charge in [0, 0.05) is 17.3 Å². The summed E-state index contributed by atoms with van der Waals surface area (Å²) in [7, 11) is -3.93. The van der Waals surface area contributed by atoms with Gasteiger partial charge in [0.2, 0.25) is 10.0 Å². The van der Waals surface area contributed by atoms with Crippen molar-refractivity contribution in [2.45, 2.75) is 43.0 Å². The van der Waals surface area contributed by atoms with Crippen molar-refractivity contribution >= 4 is 21.4 Å². The van der Waals surface area contributed by atoms with Crippen LogP contribution in [-0.4, -0.2) is 18.9 Å². The van der Waals surface area contributed by atoms with E-state index >= 15 is 0 Å². The summed E-state index contributed by atoms with van der Waals surface area (Å²) in [6.07, 6.45) is 3.13. The lowest BCUT2D eigenvalue weighted by Gasteiger charge is -2.41. The highest BCUT2D eigenvalue weighted by Crippen LogP contribution is 2.37. The molecule has 0 aliphatic heterocycles. The minimum atomic E-state index is -3.93. The zero-order chi connectivity index (χ0) is 15.0. The predicted octanol–water partition coefficient (Wildman–Crippen LogP) is 1.79. The average molecular weight is 299 g/mol. The third-order valence-corrected chi connectivity index (χ3v) is 5.43. The molecule has 0 spiro atoms. The molecule has 0 atom stereocenters. The Hall–Kier alpha value is -1.67. The van der Waals surface area contributed by atoms with Gasteiger partial charge in [-0.2, -0.15) is 0 Å². The second-order valence-electron chi connectivity index (χ2n) is 5.08. The SMILES string of the molecule is CCC1(NS(=O)(=O)c2ccc(N)cc2[N+](=O)[O-])CCC1. The maximum atomic E-state index is 12.4. The van der Waals surface area contributed by atoms with Gasteiger partial charge < -0.3 is 5.73 Å². The lowest BCUT2D eigenvalue weighted by molar-refractivity contribution is -0.387. The van der Waals surface area contributed by atoms with E-state index in [1.54, 1.807) is 0 Å². The second kappa shape index (κ2) is 5.02. The molecule has 0 amide bonds. The first-order valence-electron chi connectivity index (χ1n) is 6.37. The summed E-state index contributed by atoms with van der Waals surface area (Å²) < 4.78 is 27.4. The summed E-state index contributed by atoms with van der Waals surface area (Å²) in [5.41, 5.74) is 4.68. The van der Waals surface area contributed by atoms with Crippen LogP contribution in [0.5, 0.6) is 0 Å². The van der Waals surface area contributed by atoms with Crippen LogP contribution in [0, 0.1) is 10.1 Å². The normalized spacial score (nSPS) is 17.4. The number of nitrogens with two attached hydrogens (primary N) is 1. The summed E-state index contributed by atoms with van der Waals surface area (Å²) >= 11 is 0. The van der Waals surface area contributed by atoms with Crippen molar-refractivity contribution in [3.05, 3.63) is 28.3 Å². The number of rotatable bonds is 5. The maximum Gasteiger partial charge on any atom is 0.291 e. The number of hydrogen-bond acceptors (Lipinski definition) is 5. The van der Waals surface area contributed by atoms with E-state index in [4.69, 9.17) is 5.73 Å². The minimum Gasteiger partial charge on any atom is -0.399 e. The van der Waals surface area contributed by atoms with Gasteiger partial charge in [-0.25, -0.2) is 13.1 Å². The van der Waals surface area contributed by atoms with Crippen molar-refractivity contribution in [3.63, 3.8) is 0 Å². The molecule has 1 aliphatic carbocycles. The standard InChI is InChI=1S/C12H17N3O4S/c1-2-12(6-3-7-12)14-20(18,19)11-5-4-9(13)8-10(11)15(16)17/h4-5,8,14H,2-3,6-7,13H2,1H3. The highest BCUT2D eigenvalue weighted by molar-refractivity contribution is 7.89. The van der Waals surface area contributed by atoms with Gasteiger partial charge in [0.25, 0.3) is 5.69 Å². The average Bonchev–Trinajstić information content (AvgIpc) is 2.33. The Balaban J connectivity index is 2.42. The first-order chi connectivity index (χ1) is 9.30. The van der Waals surface area contributed by atoms with E-state index < -0.39 is 26.2 Å². The van der Waals surface area contributed by atoms with Gasteiger partial charge in [-0.05, 0) is 37.8 Å². The molecule has 8 heteroatoms. The van der Waals surface area contributed by atoms with E-state index in [1.807, 2.05) is 6.92 Å². The molecule has 1 aromatic carbocycles. The number of benzene rings is 1. The predicted molar refractivity (Wildman–Crippen MR) is 74.7 cm³/mol. The van der Waals surface area contributed by atoms with Crippen molar-refractivity contribution in [1.82, 2.24) is 4.72 Å². The van der Waals surface area contributed by atoms with Crippen molar-refractivity contribution in [2.24, 2.45) is 0 Å². The molecule has 20 heavy (non-hydrogen) atoms. The molecule has 0 saturated heterocycles. The van der Waals surface area contributed by atoms with Crippen LogP contribution >= 0.6 is 0 Å². The molecule has 1 saturated carbocycles. The van der Waals surface area contributed by atoms with E-state index in [-0.39, 0.29) is 10.6 Å². The molecule has 2 rings (SSSR count). The molecular weight excluding hydrogens is 282 g/mol. The lowest BCUT2D eigenvalue weighted by atomic mass is 9.76. The number of hydrogen-bond donors (Lipinski definition) is 2. The quantitative estimate of drug-likeness (QED) is 0.488. The number of nitrogens with zero attached hydrogens (tertiary/aromatic N) is 1. The molecule has 0 aromatic heterocycles. The molecule has 0 radical (unpaired) electrons. The first kappa shape index (κ1) is 14.7. The summed E-state index contributed by atoms with van der Waals surface area (Å²) in [5.74, 6) is 0. The summed E-state index contributed by atoms with van der Waals surface area (Å²) in [6, 6.07) is 3.59. The molecule has 3 N–H and O–H groups in total. The molecule has 0 unspecified atom stereocenters. The number of nitro benzene ring substituents is 1. The number of anilines is 1. The van der Waals surface area contributed by atoms with Crippen LogP contribution in [0.4, 0.5) is 11.4 Å². The van der Waals surface area contributed by atoms with Gasteiger partial charge in [0.05, 0.1) is 4.92 Å². The van der Waals surface area contributed by atoms with Gasteiger partial charge in [0.15, 0.2) is 4.90 Å². The van der Waals surface area contributed by atoms with Crippen LogP contribution in [0.1, 0.15) is 32.6 Å². The molecule has 1 fully saturated rings. The van der Waals surface area contributed by atoms with Crippen LogP contribution in [0.2, 0.25) is 0 Å². The van der Waals surface area contributed by atoms with Crippen LogP contribution in [0.3, 0.4) is 0 Å². The fourth-order valence-corrected chi connectivity index (χ4v) is 4.06. The smallest absolute Gasteiger partial charge is 0.291 e. The number of nitrogens with one attached hydrogen (secondary N) is 1. The molecule has 0 bridgehead atoms. The third-order valence-electron chi connectivity index (χ3n) is 3.81. The highest BCUT2D eigenvalue weighted by atomic mass is 32.2. The van der Waals surface area contributed by atoms with E-state index in [2.05, 4.69) is 4.72 Å². The zero-order valence-electron chi connectivity index (χ0n) is 11.1. The van der Waals surface area contributed by atoms with Crippen molar-refractivity contribution < 1.29 is 13.3 Å². The van der Waals surface area contributed by atoms with Gasteiger partial charge in [0.1, 0.15) is 0 Å². The van der Waals surface area contributed by atoms with Gasteiger partial charge in [-0.15, -0.1) is 0 Å². The second-order valence-corrected chi connectivity index (χ2v) is 6.73. The Morgan fingerprint density at radius 3 is 2.55 bits per heavy atom. The van der Waals surface area contributed by atoms with Crippen molar-refractivity contribution in [1.29, 1.82) is 0 Å². The Morgan fingerprint density at radius 2 is 2.10 bits per heavy atom. The van der Waals surface area contributed by atoms with E-state index in [1.165, 1.54) is 12.1 Å². The van der Waals surface area contributed by atoms with Crippen LogP contribution in [0.15, 0.2) is 23.1 Å². The number of nitro groups is 1. The Bertz CT molecular complexity index is 633.